The number of nitrogens with one attached hydrogen (secondary N) is 1. The highest BCUT2D eigenvalue weighted by atomic mass is 16.3. The lowest BCUT2D eigenvalue weighted by molar-refractivity contribution is 0.0533. The van der Waals surface area contributed by atoms with Crippen molar-refractivity contribution in [3.8, 4) is 5.75 Å². The SMILES string of the molecule is CCC(C)(O)CNC(C)c1ccc(C)cc1O. The lowest BCUT2D eigenvalue weighted by atomic mass is 10.0. The predicted molar refractivity (Wildman–Crippen MR) is 70.2 cm³/mol. The molecule has 0 saturated carbocycles. The smallest absolute Gasteiger partial charge is 0.120 e. The number of aryl methyl sites for hydroxylation is 1. The first kappa shape index (κ1) is 14.0. The van der Waals surface area contributed by atoms with Crippen LogP contribution in [0.1, 0.15) is 44.4 Å². The monoisotopic (exact) mass is 237 g/mol. The Labute approximate surface area is 103 Å². The summed E-state index contributed by atoms with van der Waals surface area (Å²) in [6.45, 7) is 8.20. The van der Waals surface area contributed by atoms with Crippen molar-refractivity contribution in [1.82, 2.24) is 5.32 Å². The molecular weight excluding hydrogens is 214 g/mol. The molecule has 1 aromatic carbocycles. The van der Waals surface area contributed by atoms with E-state index in [9.17, 15) is 10.2 Å². The van der Waals surface area contributed by atoms with E-state index < -0.39 is 5.60 Å². The largest absolute Gasteiger partial charge is 0.508 e. The van der Waals surface area contributed by atoms with E-state index in [1.807, 2.05) is 39.8 Å². The molecule has 2 atom stereocenters. The van der Waals surface area contributed by atoms with Crippen LogP contribution in [0.25, 0.3) is 0 Å². The van der Waals surface area contributed by atoms with Crippen LogP contribution >= 0.6 is 0 Å². The lowest BCUT2D eigenvalue weighted by Crippen LogP contribution is -2.38. The Morgan fingerprint density at radius 2 is 2.06 bits per heavy atom. The van der Waals surface area contributed by atoms with Gasteiger partial charge in [-0.1, -0.05) is 19.1 Å². The fourth-order valence-corrected chi connectivity index (χ4v) is 1.63. The highest BCUT2D eigenvalue weighted by Crippen LogP contribution is 2.25. The van der Waals surface area contributed by atoms with E-state index in [1.54, 1.807) is 6.07 Å². The molecule has 0 fully saturated rings. The summed E-state index contributed by atoms with van der Waals surface area (Å²) in [6, 6.07) is 5.67. The molecule has 0 heterocycles. The molecule has 2 unspecified atom stereocenters. The second-order valence-electron chi connectivity index (χ2n) is 5.02. The van der Waals surface area contributed by atoms with Gasteiger partial charge < -0.3 is 15.5 Å². The number of aliphatic hydroxyl groups is 1. The molecule has 0 radical (unpaired) electrons. The molecule has 0 spiro atoms. The van der Waals surface area contributed by atoms with Crippen molar-refractivity contribution in [2.45, 2.75) is 45.8 Å². The zero-order chi connectivity index (χ0) is 13.1. The normalized spacial score (nSPS) is 16.5. The molecule has 0 aromatic heterocycles. The van der Waals surface area contributed by atoms with Crippen molar-refractivity contribution in [3.63, 3.8) is 0 Å². The zero-order valence-electron chi connectivity index (χ0n) is 11.1. The lowest BCUT2D eigenvalue weighted by Gasteiger charge is -2.25. The van der Waals surface area contributed by atoms with Crippen LogP contribution in [-0.2, 0) is 0 Å². The molecule has 3 nitrogen and oxygen atoms in total. The molecule has 0 aliphatic rings. The van der Waals surface area contributed by atoms with Crippen LogP contribution in [0.2, 0.25) is 0 Å². The number of hydrogen-bond acceptors (Lipinski definition) is 3. The molecule has 96 valence electrons. The fourth-order valence-electron chi connectivity index (χ4n) is 1.63. The van der Waals surface area contributed by atoms with E-state index in [0.29, 0.717) is 18.7 Å². The number of phenolic OH excluding ortho intramolecular Hbond substituents is 1. The van der Waals surface area contributed by atoms with Crippen LogP contribution in [0, 0.1) is 6.92 Å². The topological polar surface area (TPSA) is 52.5 Å². The Bertz CT molecular complexity index is 374. The van der Waals surface area contributed by atoms with Crippen molar-refractivity contribution in [3.05, 3.63) is 29.3 Å². The molecule has 0 amide bonds. The zero-order valence-corrected chi connectivity index (χ0v) is 11.1. The molecule has 0 saturated heterocycles. The van der Waals surface area contributed by atoms with Gasteiger partial charge in [-0.15, -0.1) is 0 Å². The van der Waals surface area contributed by atoms with Gasteiger partial charge in [0, 0.05) is 18.2 Å². The van der Waals surface area contributed by atoms with E-state index in [-0.39, 0.29) is 6.04 Å². The summed E-state index contributed by atoms with van der Waals surface area (Å²) in [5.74, 6) is 0.307. The Balaban J connectivity index is 2.67. The minimum absolute atomic E-state index is 0.0219. The van der Waals surface area contributed by atoms with Gasteiger partial charge in [0.05, 0.1) is 5.60 Å². The van der Waals surface area contributed by atoms with Gasteiger partial charge in [-0.05, 0) is 38.8 Å². The van der Waals surface area contributed by atoms with Crippen molar-refractivity contribution in [1.29, 1.82) is 0 Å². The van der Waals surface area contributed by atoms with Crippen LogP contribution in [0.15, 0.2) is 18.2 Å². The summed E-state index contributed by atoms with van der Waals surface area (Å²) in [6.07, 6.45) is 0.701. The molecule has 0 aliphatic carbocycles. The molecule has 3 N–H and O–H groups in total. The molecule has 0 bridgehead atoms. The third-order valence-corrected chi connectivity index (χ3v) is 3.20. The molecule has 3 heteroatoms. The van der Waals surface area contributed by atoms with E-state index >= 15 is 0 Å². The number of phenols is 1. The van der Waals surface area contributed by atoms with Gasteiger partial charge in [0.1, 0.15) is 5.75 Å². The molecule has 17 heavy (non-hydrogen) atoms. The number of hydrogen-bond donors (Lipinski definition) is 3. The van der Waals surface area contributed by atoms with Gasteiger partial charge >= 0.3 is 0 Å². The van der Waals surface area contributed by atoms with Crippen LogP contribution in [0.5, 0.6) is 5.75 Å². The van der Waals surface area contributed by atoms with Crippen molar-refractivity contribution < 1.29 is 10.2 Å². The van der Waals surface area contributed by atoms with E-state index in [0.717, 1.165) is 11.1 Å². The maximum absolute atomic E-state index is 9.91. The van der Waals surface area contributed by atoms with E-state index in [2.05, 4.69) is 5.32 Å². The fraction of sp³-hybridized carbons (Fsp3) is 0.571. The van der Waals surface area contributed by atoms with Gasteiger partial charge in [0.2, 0.25) is 0 Å². The Morgan fingerprint density at radius 1 is 1.41 bits per heavy atom. The van der Waals surface area contributed by atoms with Crippen LogP contribution in [0.4, 0.5) is 0 Å². The van der Waals surface area contributed by atoms with Crippen LogP contribution < -0.4 is 5.32 Å². The van der Waals surface area contributed by atoms with Gasteiger partial charge in [0.15, 0.2) is 0 Å². The predicted octanol–water partition coefficient (Wildman–Crippen LogP) is 2.51. The Hall–Kier alpha value is -1.06. The molecular formula is C14H23NO2. The maximum atomic E-state index is 9.91. The quantitative estimate of drug-likeness (QED) is 0.737. The third-order valence-electron chi connectivity index (χ3n) is 3.20. The molecule has 1 rings (SSSR count). The summed E-state index contributed by atoms with van der Waals surface area (Å²) >= 11 is 0. The number of aromatic hydroxyl groups is 1. The first-order valence-electron chi connectivity index (χ1n) is 6.11. The van der Waals surface area contributed by atoms with Gasteiger partial charge in [-0.3, -0.25) is 0 Å². The second-order valence-corrected chi connectivity index (χ2v) is 5.02. The Kier molecular flexibility index (Phi) is 4.54. The number of rotatable bonds is 5. The van der Waals surface area contributed by atoms with Gasteiger partial charge in [0.25, 0.3) is 0 Å². The highest BCUT2D eigenvalue weighted by Gasteiger charge is 2.19. The molecule has 0 aliphatic heterocycles. The van der Waals surface area contributed by atoms with Gasteiger partial charge in [-0.2, -0.15) is 0 Å². The van der Waals surface area contributed by atoms with Crippen LogP contribution in [-0.4, -0.2) is 22.4 Å². The van der Waals surface area contributed by atoms with E-state index in [4.69, 9.17) is 0 Å². The Morgan fingerprint density at radius 3 is 2.59 bits per heavy atom. The first-order valence-corrected chi connectivity index (χ1v) is 6.11. The summed E-state index contributed by atoms with van der Waals surface area (Å²) in [5, 5.41) is 23.0. The summed E-state index contributed by atoms with van der Waals surface area (Å²) in [4.78, 5) is 0. The number of benzene rings is 1. The molecule has 1 aromatic rings. The maximum Gasteiger partial charge on any atom is 0.120 e. The van der Waals surface area contributed by atoms with Gasteiger partial charge in [-0.25, -0.2) is 0 Å². The standard InChI is InChI=1S/C14H23NO2/c1-5-14(4,17)9-15-11(3)12-7-6-10(2)8-13(12)16/h6-8,11,15-17H,5,9H2,1-4H3. The minimum Gasteiger partial charge on any atom is -0.508 e. The highest BCUT2D eigenvalue weighted by molar-refractivity contribution is 5.37. The van der Waals surface area contributed by atoms with E-state index in [1.165, 1.54) is 0 Å². The average Bonchev–Trinajstić information content (AvgIpc) is 2.26. The van der Waals surface area contributed by atoms with Crippen molar-refractivity contribution >= 4 is 0 Å². The van der Waals surface area contributed by atoms with Crippen molar-refractivity contribution in [2.24, 2.45) is 0 Å². The van der Waals surface area contributed by atoms with Crippen LogP contribution in [0.3, 0.4) is 0 Å². The first-order chi connectivity index (χ1) is 7.85. The second kappa shape index (κ2) is 5.52. The average molecular weight is 237 g/mol. The summed E-state index contributed by atoms with van der Waals surface area (Å²) in [5.41, 5.74) is 1.20. The minimum atomic E-state index is -0.700. The summed E-state index contributed by atoms with van der Waals surface area (Å²) in [7, 11) is 0. The third kappa shape index (κ3) is 4.02. The summed E-state index contributed by atoms with van der Waals surface area (Å²) < 4.78 is 0. The van der Waals surface area contributed by atoms with Crippen molar-refractivity contribution in [2.75, 3.05) is 6.54 Å².